The molecule has 5 rings (SSSR count). The van der Waals surface area contributed by atoms with E-state index in [0.29, 0.717) is 29.6 Å². The average Bonchev–Trinajstić information content (AvgIpc) is 3.37. The number of carbonyl (C=O) groups is 1. The van der Waals surface area contributed by atoms with Crippen molar-refractivity contribution in [2.75, 3.05) is 33.0 Å². The van der Waals surface area contributed by atoms with Gasteiger partial charge in [-0.15, -0.1) is 0 Å². The minimum atomic E-state index is -0.698. The molecule has 2 aromatic heterocycles. The summed E-state index contributed by atoms with van der Waals surface area (Å²) in [7, 11) is 0. The maximum absolute atomic E-state index is 13.7. The van der Waals surface area contributed by atoms with Gasteiger partial charge in [0.1, 0.15) is 18.2 Å². The summed E-state index contributed by atoms with van der Waals surface area (Å²) in [6, 6.07) is 4.51. The molecule has 0 N–H and O–H groups in total. The van der Waals surface area contributed by atoms with Crippen LogP contribution >= 0.6 is 0 Å². The van der Waals surface area contributed by atoms with E-state index in [2.05, 4.69) is 5.16 Å². The Morgan fingerprint density at radius 2 is 2.05 bits per heavy atom. The number of fused-ring (bicyclic) bond motifs is 2. The highest BCUT2D eigenvalue weighted by molar-refractivity contribution is 5.79. The number of aryl methyl sites for hydroxylation is 2. The third-order valence-electron chi connectivity index (χ3n) is 8.33. The van der Waals surface area contributed by atoms with Crippen molar-refractivity contribution in [3.05, 3.63) is 69.3 Å². The minimum absolute atomic E-state index is 0.0552. The quantitative estimate of drug-likeness (QED) is 0.205. The highest BCUT2D eigenvalue weighted by atomic mass is 19.1. The van der Waals surface area contributed by atoms with Gasteiger partial charge >= 0.3 is 6.16 Å². The van der Waals surface area contributed by atoms with Crippen LogP contribution in [0.15, 0.2) is 39.7 Å². The number of halogens is 1. The molecule has 9 nitrogen and oxygen atoms in total. The van der Waals surface area contributed by atoms with Crippen LogP contribution in [0.1, 0.15) is 67.7 Å². The number of quaternary nitrogens is 1. The molecule has 2 aliphatic rings. The summed E-state index contributed by atoms with van der Waals surface area (Å²) in [6.07, 6.45) is 8.91. The van der Waals surface area contributed by atoms with Crippen molar-refractivity contribution in [2.24, 2.45) is 0 Å². The van der Waals surface area contributed by atoms with Crippen molar-refractivity contribution < 1.29 is 27.7 Å². The summed E-state index contributed by atoms with van der Waals surface area (Å²) in [5.74, 6) is 0.665. The van der Waals surface area contributed by atoms with E-state index in [9.17, 15) is 14.0 Å². The molecule has 0 amide bonds. The molecule has 4 heterocycles. The number of hydrogen-bond donors (Lipinski definition) is 0. The summed E-state index contributed by atoms with van der Waals surface area (Å²) < 4.78 is 32.2. The van der Waals surface area contributed by atoms with Crippen molar-refractivity contribution in [1.82, 2.24) is 14.7 Å². The zero-order chi connectivity index (χ0) is 28.1. The van der Waals surface area contributed by atoms with Crippen molar-refractivity contribution >= 4 is 17.1 Å². The fraction of sp³-hybridized carbons (Fsp3) is 0.533. The molecule has 0 saturated carbocycles. The van der Waals surface area contributed by atoms with Gasteiger partial charge < -0.3 is 14.0 Å². The first-order chi connectivity index (χ1) is 19.4. The Morgan fingerprint density at radius 3 is 2.85 bits per heavy atom. The van der Waals surface area contributed by atoms with Crippen molar-refractivity contribution in [1.29, 1.82) is 0 Å². The van der Waals surface area contributed by atoms with Crippen LogP contribution in [0.4, 0.5) is 9.18 Å². The Kier molecular flexibility index (Phi) is 8.63. The number of ether oxygens (including phenoxy) is 2. The van der Waals surface area contributed by atoms with Gasteiger partial charge in [0.05, 0.1) is 25.3 Å². The molecule has 0 unspecified atom stereocenters. The monoisotopic (exact) mass is 553 g/mol. The van der Waals surface area contributed by atoms with Gasteiger partial charge in [-0.2, -0.15) is 0 Å². The molecule has 0 spiro atoms. The van der Waals surface area contributed by atoms with Crippen LogP contribution in [0.25, 0.3) is 11.0 Å². The summed E-state index contributed by atoms with van der Waals surface area (Å²) in [5.41, 5.74) is 2.86. The van der Waals surface area contributed by atoms with Crippen LogP contribution in [0.2, 0.25) is 0 Å². The maximum Gasteiger partial charge on any atom is 0.512 e. The molecule has 2 aliphatic heterocycles. The molecule has 40 heavy (non-hydrogen) atoms. The van der Waals surface area contributed by atoms with Gasteiger partial charge in [0.2, 0.25) is 6.73 Å². The van der Waals surface area contributed by atoms with E-state index in [1.165, 1.54) is 12.1 Å². The molecule has 1 saturated heterocycles. The van der Waals surface area contributed by atoms with Gasteiger partial charge in [-0.1, -0.05) is 24.2 Å². The summed E-state index contributed by atoms with van der Waals surface area (Å²) in [6.45, 7) is 7.06. The van der Waals surface area contributed by atoms with Crippen LogP contribution < -0.4 is 5.56 Å². The van der Waals surface area contributed by atoms with Gasteiger partial charge in [0, 0.05) is 60.9 Å². The number of rotatable bonds is 9. The van der Waals surface area contributed by atoms with Crippen molar-refractivity contribution in [3.8, 4) is 0 Å². The number of aromatic nitrogens is 3. The molecule has 214 valence electrons. The number of carbonyl (C=O) groups excluding carboxylic acids is 1. The van der Waals surface area contributed by atoms with Crippen LogP contribution in [-0.4, -0.2) is 58.3 Å². The molecule has 1 fully saturated rings. The number of benzene rings is 1. The fourth-order valence-electron chi connectivity index (χ4n) is 5.98. The van der Waals surface area contributed by atoms with E-state index < -0.39 is 6.16 Å². The Balaban J connectivity index is 1.32. The number of likely N-dealkylation sites (tertiary alicyclic amines) is 1. The number of allylic oxidation sites excluding steroid dienone is 1. The van der Waals surface area contributed by atoms with Crippen LogP contribution in [0.5, 0.6) is 0 Å². The van der Waals surface area contributed by atoms with E-state index in [1.54, 1.807) is 12.1 Å². The largest absolute Gasteiger partial charge is 0.512 e. The third-order valence-corrected chi connectivity index (χ3v) is 8.33. The molecule has 1 aromatic carbocycles. The van der Waals surface area contributed by atoms with Crippen LogP contribution in [-0.2, 0) is 28.9 Å². The second kappa shape index (κ2) is 12.3. The Morgan fingerprint density at radius 1 is 1.23 bits per heavy atom. The molecule has 3 aromatic rings. The normalized spacial score (nSPS) is 21.0. The standard InChI is InChI=1S/C30H38FN4O5/c1-3-4-7-18-38-30(37)39-20-35(17-13-24-21(2)32-27-8-5-6-14-34(27)29(24)36)15-11-22(12-16-35)28-25-10-9-23(31)19-26(25)40-33-28/h4,7,9-10,19,22H,3,5-6,8,11-18,20H2,1-2H3/q+1/b7-4-. The number of nitrogens with zero attached hydrogens (tertiary/aromatic N) is 4. The lowest BCUT2D eigenvalue weighted by Gasteiger charge is -2.42. The van der Waals surface area contributed by atoms with E-state index in [-0.39, 0.29) is 30.6 Å². The van der Waals surface area contributed by atoms with Crippen LogP contribution in [0.3, 0.4) is 0 Å². The van der Waals surface area contributed by atoms with Crippen molar-refractivity contribution in [3.63, 3.8) is 0 Å². The summed E-state index contributed by atoms with van der Waals surface area (Å²) >= 11 is 0. The summed E-state index contributed by atoms with van der Waals surface area (Å²) in [4.78, 5) is 30.5. The highest BCUT2D eigenvalue weighted by Crippen LogP contribution is 2.35. The van der Waals surface area contributed by atoms with Gasteiger partial charge in [0.15, 0.2) is 5.58 Å². The van der Waals surface area contributed by atoms with E-state index in [1.807, 2.05) is 24.5 Å². The van der Waals surface area contributed by atoms with Crippen molar-refractivity contribution in [2.45, 2.75) is 71.3 Å². The number of hydrogen-bond acceptors (Lipinski definition) is 7. The molecule has 0 radical (unpaired) electrons. The van der Waals surface area contributed by atoms with Crippen LogP contribution in [0, 0.1) is 12.7 Å². The van der Waals surface area contributed by atoms with Gasteiger partial charge in [0.25, 0.3) is 5.56 Å². The minimum Gasteiger partial charge on any atom is -0.430 e. The maximum atomic E-state index is 13.7. The average molecular weight is 554 g/mol. The van der Waals surface area contributed by atoms with E-state index >= 15 is 0 Å². The number of piperidine rings is 1. The molecular formula is C30H38FN4O5+. The first-order valence-corrected chi connectivity index (χ1v) is 14.3. The SMILES string of the molecule is CC/C=C\COC(=O)OC[N+]1(CCc2c(C)nc3n(c2=O)CCCC3)CCC(c2noc3cc(F)ccc23)CC1. The summed E-state index contributed by atoms with van der Waals surface area (Å²) in [5, 5.41) is 5.10. The lowest BCUT2D eigenvalue weighted by atomic mass is 9.90. The Bertz CT molecular complexity index is 1440. The lowest BCUT2D eigenvalue weighted by molar-refractivity contribution is -0.948. The zero-order valence-electron chi connectivity index (χ0n) is 23.4. The molecule has 10 heteroatoms. The van der Waals surface area contributed by atoms with E-state index in [0.717, 1.165) is 79.8 Å². The third kappa shape index (κ3) is 6.11. The van der Waals surface area contributed by atoms with Gasteiger partial charge in [-0.3, -0.25) is 13.8 Å². The first-order valence-electron chi connectivity index (χ1n) is 14.3. The second-order valence-corrected chi connectivity index (χ2v) is 11.0. The smallest absolute Gasteiger partial charge is 0.430 e. The Hall–Kier alpha value is -3.53. The molecule has 0 aliphatic carbocycles. The second-order valence-electron chi connectivity index (χ2n) is 11.0. The van der Waals surface area contributed by atoms with Gasteiger partial charge in [-0.05, 0) is 38.3 Å². The molecule has 0 bridgehead atoms. The predicted octanol–water partition coefficient (Wildman–Crippen LogP) is 5.18. The fourth-order valence-corrected chi connectivity index (χ4v) is 5.98. The van der Waals surface area contributed by atoms with Gasteiger partial charge in [-0.25, -0.2) is 14.2 Å². The predicted molar refractivity (Wildman–Crippen MR) is 147 cm³/mol. The highest BCUT2D eigenvalue weighted by Gasteiger charge is 2.38. The molecule has 0 atom stereocenters. The van der Waals surface area contributed by atoms with E-state index in [4.69, 9.17) is 19.0 Å². The molecular weight excluding hydrogens is 515 g/mol. The topological polar surface area (TPSA) is 96.5 Å². The Labute approximate surface area is 233 Å². The lowest BCUT2D eigenvalue weighted by Crippen LogP contribution is -2.55. The first kappa shape index (κ1) is 28.0. The zero-order valence-corrected chi connectivity index (χ0v) is 23.4.